The van der Waals surface area contributed by atoms with Gasteiger partial charge >= 0.3 is 12.4 Å². The van der Waals surface area contributed by atoms with Crippen molar-refractivity contribution in [1.29, 1.82) is 0 Å². The van der Waals surface area contributed by atoms with Crippen LogP contribution in [0.25, 0.3) is 0 Å². The van der Waals surface area contributed by atoms with E-state index in [1.807, 2.05) is 0 Å². The lowest BCUT2D eigenvalue weighted by Crippen LogP contribution is -2.17. The van der Waals surface area contributed by atoms with E-state index >= 15 is 0 Å². The number of rotatable bonds is 5. The lowest BCUT2D eigenvalue weighted by molar-refractivity contribution is -0.139. The molecule has 0 bridgehead atoms. The highest BCUT2D eigenvalue weighted by molar-refractivity contribution is 5.96. The normalized spacial score (nSPS) is 13.1. The van der Waals surface area contributed by atoms with Crippen LogP contribution in [0.15, 0.2) is 60.9 Å². The lowest BCUT2D eigenvalue weighted by Gasteiger charge is -2.21. The van der Waals surface area contributed by atoms with Crippen molar-refractivity contribution in [3.63, 3.8) is 0 Å². The van der Waals surface area contributed by atoms with Gasteiger partial charge in [-0.3, -0.25) is 14.8 Å². The van der Waals surface area contributed by atoms with E-state index in [0.717, 1.165) is 42.6 Å². The zero-order valence-corrected chi connectivity index (χ0v) is 16.1. The number of halogens is 6. The highest BCUT2D eigenvalue weighted by Gasteiger charge is 2.37. The maximum Gasteiger partial charge on any atom is 0.418 e. The summed E-state index contributed by atoms with van der Waals surface area (Å²) in [7, 11) is 0. The molecule has 2 heterocycles. The van der Waals surface area contributed by atoms with Crippen LogP contribution in [0.3, 0.4) is 0 Å². The first-order valence-corrected chi connectivity index (χ1v) is 9.12. The molecule has 3 aromatic rings. The molecule has 3 nitrogen and oxygen atoms in total. The Kier molecular flexibility index (Phi) is 6.15. The Morgan fingerprint density at radius 3 is 2.16 bits per heavy atom. The van der Waals surface area contributed by atoms with Gasteiger partial charge in [-0.15, -0.1) is 0 Å². The number of benzene rings is 1. The minimum atomic E-state index is -4.75. The van der Waals surface area contributed by atoms with Crippen molar-refractivity contribution in [3.05, 3.63) is 94.6 Å². The molecule has 2 aromatic heterocycles. The SMILES string of the molecule is Cc1cc(C(=O)C[C@@H](c2ccc(C(F)(F)F)cc2)c2ncccc2C(F)(F)F)ccn1. The second kappa shape index (κ2) is 8.49. The smallest absolute Gasteiger partial charge is 0.294 e. The van der Waals surface area contributed by atoms with Crippen LogP contribution < -0.4 is 0 Å². The Bertz CT molecular complexity index is 1070. The molecule has 162 valence electrons. The van der Waals surface area contributed by atoms with Crippen LogP contribution in [0.5, 0.6) is 0 Å². The van der Waals surface area contributed by atoms with Crippen LogP contribution >= 0.6 is 0 Å². The molecular weight excluding hydrogens is 422 g/mol. The number of hydrogen-bond acceptors (Lipinski definition) is 3. The van der Waals surface area contributed by atoms with Gasteiger partial charge in [-0.25, -0.2) is 0 Å². The highest BCUT2D eigenvalue weighted by Crippen LogP contribution is 2.39. The summed E-state index contributed by atoms with van der Waals surface area (Å²) in [5.74, 6) is -1.67. The number of alkyl halides is 6. The first kappa shape index (κ1) is 22.5. The summed E-state index contributed by atoms with van der Waals surface area (Å²) in [6.07, 6.45) is -7.19. The molecule has 1 aromatic carbocycles. The van der Waals surface area contributed by atoms with Crippen molar-refractivity contribution < 1.29 is 31.1 Å². The van der Waals surface area contributed by atoms with Gasteiger partial charge in [0.15, 0.2) is 5.78 Å². The zero-order chi connectivity index (χ0) is 22.8. The van der Waals surface area contributed by atoms with Gasteiger partial charge in [0.25, 0.3) is 0 Å². The summed E-state index contributed by atoms with van der Waals surface area (Å²) in [6, 6.07) is 8.59. The van der Waals surface area contributed by atoms with Gasteiger partial charge in [-0.05, 0) is 48.9 Å². The molecule has 31 heavy (non-hydrogen) atoms. The van der Waals surface area contributed by atoms with E-state index in [-0.39, 0.29) is 11.1 Å². The summed E-state index contributed by atoms with van der Waals surface area (Å²) in [5.41, 5.74) is -1.49. The van der Waals surface area contributed by atoms with Crippen LogP contribution in [0, 0.1) is 6.92 Å². The van der Waals surface area contributed by atoms with E-state index < -0.39 is 47.3 Å². The second-order valence-corrected chi connectivity index (χ2v) is 6.92. The minimum Gasteiger partial charge on any atom is -0.294 e. The number of hydrogen-bond donors (Lipinski definition) is 0. The monoisotopic (exact) mass is 438 g/mol. The lowest BCUT2D eigenvalue weighted by atomic mass is 9.86. The number of carbonyl (C=O) groups is 1. The predicted molar refractivity (Wildman–Crippen MR) is 100 cm³/mol. The third kappa shape index (κ3) is 5.28. The molecule has 0 saturated heterocycles. The van der Waals surface area contributed by atoms with Crippen LogP contribution in [0.1, 0.15) is 50.8 Å². The molecule has 0 fully saturated rings. The van der Waals surface area contributed by atoms with Crippen LogP contribution in [-0.2, 0) is 12.4 Å². The fourth-order valence-corrected chi connectivity index (χ4v) is 3.23. The fourth-order valence-electron chi connectivity index (χ4n) is 3.23. The van der Waals surface area contributed by atoms with Crippen LogP contribution in [-0.4, -0.2) is 15.8 Å². The number of nitrogens with zero attached hydrogens (tertiary/aromatic N) is 2. The van der Waals surface area contributed by atoms with Gasteiger partial charge < -0.3 is 0 Å². The third-order valence-electron chi connectivity index (χ3n) is 4.72. The van der Waals surface area contributed by atoms with Gasteiger partial charge in [-0.2, -0.15) is 26.3 Å². The number of pyridine rings is 2. The van der Waals surface area contributed by atoms with Gasteiger partial charge in [0, 0.05) is 36.0 Å². The molecule has 0 aliphatic heterocycles. The molecule has 3 rings (SSSR count). The molecule has 0 amide bonds. The van der Waals surface area contributed by atoms with E-state index in [1.54, 1.807) is 6.92 Å². The van der Waals surface area contributed by atoms with Gasteiger partial charge in [0.05, 0.1) is 16.8 Å². The first-order chi connectivity index (χ1) is 14.5. The molecule has 0 aliphatic carbocycles. The van der Waals surface area contributed by atoms with Crippen LogP contribution in [0.2, 0.25) is 0 Å². The summed E-state index contributed by atoms with van der Waals surface area (Å²) < 4.78 is 79.5. The highest BCUT2D eigenvalue weighted by atomic mass is 19.4. The Morgan fingerprint density at radius 2 is 1.58 bits per heavy atom. The molecule has 0 saturated carbocycles. The Morgan fingerprint density at radius 1 is 0.903 bits per heavy atom. The average molecular weight is 438 g/mol. The minimum absolute atomic E-state index is 0.122. The van der Waals surface area contributed by atoms with Crippen LogP contribution in [0.4, 0.5) is 26.3 Å². The average Bonchev–Trinajstić information content (AvgIpc) is 2.71. The standard InChI is InChI=1S/C22H16F6N2O/c1-13-11-15(8-10-29-13)19(31)12-17(14-4-6-16(7-5-14)21(23,24)25)20-18(22(26,27)28)3-2-9-30-20/h2-11,17H,12H2,1H3/t17-/m0/s1. The van der Waals surface area contributed by atoms with Crippen molar-refractivity contribution in [1.82, 2.24) is 9.97 Å². The van der Waals surface area contributed by atoms with E-state index in [2.05, 4.69) is 9.97 Å². The molecule has 0 radical (unpaired) electrons. The second-order valence-electron chi connectivity index (χ2n) is 6.92. The molecule has 0 unspecified atom stereocenters. The number of carbonyl (C=O) groups excluding carboxylic acids is 1. The summed E-state index contributed by atoms with van der Waals surface area (Å²) >= 11 is 0. The van der Waals surface area contributed by atoms with Gasteiger partial charge in [-0.1, -0.05) is 12.1 Å². The van der Waals surface area contributed by atoms with E-state index in [4.69, 9.17) is 0 Å². The van der Waals surface area contributed by atoms with Crippen molar-refractivity contribution in [2.24, 2.45) is 0 Å². The number of aryl methyl sites for hydroxylation is 1. The van der Waals surface area contributed by atoms with E-state index in [1.165, 1.54) is 18.3 Å². The molecule has 9 heteroatoms. The Labute approximate surface area is 173 Å². The van der Waals surface area contributed by atoms with Crippen molar-refractivity contribution >= 4 is 5.78 Å². The Balaban J connectivity index is 2.08. The third-order valence-corrected chi connectivity index (χ3v) is 4.72. The largest absolute Gasteiger partial charge is 0.418 e. The molecule has 0 N–H and O–H groups in total. The number of Topliss-reactive ketones (excluding diaryl/α,β-unsaturated/α-hetero) is 1. The molecule has 0 spiro atoms. The zero-order valence-electron chi connectivity index (χ0n) is 16.1. The summed E-state index contributed by atoms with van der Waals surface area (Å²) in [4.78, 5) is 20.7. The van der Waals surface area contributed by atoms with Crippen molar-refractivity contribution in [2.75, 3.05) is 0 Å². The van der Waals surface area contributed by atoms with Crippen molar-refractivity contribution in [3.8, 4) is 0 Å². The van der Waals surface area contributed by atoms with E-state index in [9.17, 15) is 31.1 Å². The van der Waals surface area contributed by atoms with Gasteiger partial charge in [0.2, 0.25) is 0 Å². The summed E-state index contributed by atoms with van der Waals surface area (Å²) in [5, 5.41) is 0. The Hall–Kier alpha value is -3.23. The van der Waals surface area contributed by atoms with Crippen molar-refractivity contribution in [2.45, 2.75) is 31.6 Å². The fraction of sp³-hybridized carbons (Fsp3) is 0.227. The quantitative estimate of drug-likeness (QED) is 0.351. The summed E-state index contributed by atoms with van der Waals surface area (Å²) in [6.45, 7) is 1.66. The molecule has 1 atom stereocenters. The predicted octanol–water partition coefficient (Wildman–Crippen LogP) is 6.23. The molecule has 0 aliphatic rings. The molecular formula is C22H16F6N2O. The maximum atomic E-state index is 13.6. The maximum absolute atomic E-state index is 13.6. The first-order valence-electron chi connectivity index (χ1n) is 9.12. The van der Waals surface area contributed by atoms with Gasteiger partial charge in [0.1, 0.15) is 0 Å². The number of ketones is 1. The number of aromatic nitrogens is 2. The van der Waals surface area contributed by atoms with E-state index in [0.29, 0.717) is 5.69 Å². The topological polar surface area (TPSA) is 42.9 Å².